The van der Waals surface area contributed by atoms with E-state index < -0.39 is 0 Å². The molecule has 0 unspecified atom stereocenters. The normalized spacial score (nSPS) is 11.0. The Labute approximate surface area is 153 Å². The molecular weight excluding hydrogens is 328 g/mol. The lowest BCUT2D eigenvalue weighted by Crippen LogP contribution is -2.28. The quantitative estimate of drug-likeness (QED) is 0.600. The summed E-state index contributed by atoms with van der Waals surface area (Å²) in [5, 5.41) is 0. The van der Waals surface area contributed by atoms with Gasteiger partial charge < -0.3 is 18.6 Å². The lowest BCUT2D eigenvalue weighted by atomic mass is 10.2. The topological polar surface area (TPSA) is 49.8 Å². The minimum atomic E-state index is -0.102. The van der Waals surface area contributed by atoms with Crippen molar-refractivity contribution in [3.05, 3.63) is 84.2 Å². The van der Waals surface area contributed by atoms with Gasteiger partial charge in [-0.2, -0.15) is 0 Å². The second-order valence-corrected chi connectivity index (χ2v) is 6.17. The first-order valence-electron chi connectivity index (χ1n) is 8.41. The van der Waals surface area contributed by atoms with E-state index in [-0.39, 0.29) is 5.91 Å². The first kappa shape index (κ1) is 17.6. The number of anilines is 1. The number of hydrogen-bond donors (Lipinski definition) is 0. The second kappa shape index (κ2) is 8.25. The van der Waals surface area contributed by atoms with Crippen molar-refractivity contribution in [2.45, 2.75) is 13.1 Å². The molecule has 0 saturated heterocycles. The Bertz CT molecular complexity index is 796. The monoisotopic (exact) mass is 350 g/mol. The van der Waals surface area contributed by atoms with Gasteiger partial charge in [-0.3, -0.25) is 4.79 Å². The predicted octanol–water partition coefficient (Wildman–Crippen LogP) is 4.18. The van der Waals surface area contributed by atoms with Gasteiger partial charge in [0.1, 0.15) is 11.5 Å². The summed E-state index contributed by atoms with van der Waals surface area (Å²) in [5.74, 6) is 1.36. The molecule has 5 heteroatoms. The standard InChI is InChI=1S/C21H22N2O3/c1-22(2)18-10-7-17(8-11-18)9-12-21(24)23(15-19-5-3-13-25-19)16-20-6-4-14-26-20/h3-14H,15-16H2,1-2H3/b12-9+. The van der Waals surface area contributed by atoms with Crippen LogP contribution in [0.1, 0.15) is 17.1 Å². The molecule has 0 aliphatic carbocycles. The zero-order valence-corrected chi connectivity index (χ0v) is 15.0. The average molecular weight is 350 g/mol. The fourth-order valence-electron chi connectivity index (χ4n) is 2.55. The molecule has 2 aromatic heterocycles. The van der Waals surface area contributed by atoms with Crippen LogP contribution >= 0.6 is 0 Å². The van der Waals surface area contributed by atoms with E-state index in [9.17, 15) is 4.79 Å². The van der Waals surface area contributed by atoms with Gasteiger partial charge in [0.25, 0.3) is 0 Å². The van der Waals surface area contributed by atoms with Gasteiger partial charge in [0.05, 0.1) is 25.6 Å². The molecule has 3 rings (SSSR count). The molecule has 0 spiro atoms. The number of carbonyl (C=O) groups excluding carboxylic acids is 1. The highest BCUT2D eigenvalue weighted by Gasteiger charge is 2.15. The maximum absolute atomic E-state index is 12.7. The molecule has 5 nitrogen and oxygen atoms in total. The summed E-state index contributed by atoms with van der Waals surface area (Å²) in [7, 11) is 3.99. The highest BCUT2D eigenvalue weighted by atomic mass is 16.3. The fourth-order valence-corrected chi connectivity index (χ4v) is 2.55. The van der Waals surface area contributed by atoms with Crippen LogP contribution in [-0.2, 0) is 17.9 Å². The highest BCUT2D eigenvalue weighted by Crippen LogP contribution is 2.15. The molecule has 0 saturated carbocycles. The molecular formula is C21H22N2O3. The van der Waals surface area contributed by atoms with Gasteiger partial charge in [-0.1, -0.05) is 12.1 Å². The third kappa shape index (κ3) is 4.66. The third-order valence-corrected chi connectivity index (χ3v) is 3.99. The number of nitrogens with zero attached hydrogens (tertiary/aromatic N) is 2. The van der Waals surface area contributed by atoms with Crippen LogP contribution in [0.2, 0.25) is 0 Å². The van der Waals surface area contributed by atoms with E-state index in [0.717, 1.165) is 22.8 Å². The maximum Gasteiger partial charge on any atom is 0.247 e. The Balaban J connectivity index is 1.71. The Hall–Kier alpha value is -3.21. The summed E-state index contributed by atoms with van der Waals surface area (Å²) >= 11 is 0. The van der Waals surface area contributed by atoms with Crippen LogP contribution in [0.25, 0.3) is 6.08 Å². The summed E-state index contributed by atoms with van der Waals surface area (Å²) in [4.78, 5) is 16.4. The second-order valence-electron chi connectivity index (χ2n) is 6.17. The number of hydrogen-bond acceptors (Lipinski definition) is 4. The summed E-state index contributed by atoms with van der Waals surface area (Å²) < 4.78 is 10.8. The molecule has 134 valence electrons. The maximum atomic E-state index is 12.7. The lowest BCUT2D eigenvalue weighted by molar-refractivity contribution is -0.127. The Morgan fingerprint density at radius 3 is 1.96 bits per heavy atom. The van der Waals surface area contributed by atoms with Crippen LogP contribution in [-0.4, -0.2) is 24.9 Å². The van der Waals surface area contributed by atoms with Crippen molar-refractivity contribution in [3.8, 4) is 0 Å². The molecule has 0 atom stereocenters. The molecule has 0 aliphatic heterocycles. The molecule has 1 amide bonds. The Kier molecular flexibility index (Phi) is 5.59. The van der Waals surface area contributed by atoms with Gasteiger partial charge in [-0.15, -0.1) is 0 Å². The Morgan fingerprint density at radius 1 is 0.923 bits per heavy atom. The van der Waals surface area contributed by atoms with Crippen LogP contribution in [0, 0.1) is 0 Å². The molecule has 0 aliphatic rings. The van der Waals surface area contributed by atoms with Gasteiger partial charge in [0, 0.05) is 25.9 Å². The molecule has 0 N–H and O–H groups in total. The van der Waals surface area contributed by atoms with Crippen molar-refractivity contribution in [3.63, 3.8) is 0 Å². The third-order valence-electron chi connectivity index (χ3n) is 3.99. The van der Waals surface area contributed by atoms with Crippen molar-refractivity contribution in [1.29, 1.82) is 0 Å². The molecule has 3 aromatic rings. The molecule has 0 fully saturated rings. The van der Waals surface area contributed by atoms with E-state index in [1.165, 1.54) is 0 Å². The van der Waals surface area contributed by atoms with Crippen molar-refractivity contribution < 1.29 is 13.6 Å². The van der Waals surface area contributed by atoms with Crippen molar-refractivity contribution in [2.75, 3.05) is 19.0 Å². The molecule has 26 heavy (non-hydrogen) atoms. The average Bonchev–Trinajstić information content (AvgIpc) is 3.33. The van der Waals surface area contributed by atoms with Gasteiger partial charge in [-0.05, 0) is 48.0 Å². The van der Waals surface area contributed by atoms with E-state index in [1.54, 1.807) is 23.5 Å². The molecule has 1 aromatic carbocycles. The first-order chi connectivity index (χ1) is 12.6. The molecule has 0 bridgehead atoms. The number of rotatable bonds is 7. The van der Waals surface area contributed by atoms with Crippen LogP contribution in [0.4, 0.5) is 5.69 Å². The number of benzene rings is 1. The zero-order chi connectivity index (χ0) is 18.4. The minimum Gasteiger partial charge on any atom is -0.467 e. The van der Waals surface area contributed by atoms with Crippen LogP contribution in [0.15, 0.2) is 76.0 Å². The molecule has 0 radical (unpaired) electrons. The summed E-state index contributed by atoms with van der Waals surface area (Å²) in [6, 6.07) is 15.4. The highest BCUT2D eigenvalue weighted by molar-refractivity contribution is 5.91. The minimum absolute atomic E-state index is 0.102. The van der Waals surface area contributed by atoms with Gasteiger partial charge >= 0.3 is 0 Å². The largest absolute Gasteiger partial charge is 0.467 e. The summed E-state index contributed by atoms with van der Waals surface area (Å²) in [6.07, 6.45) is 6.61. The predicted molar refractivity (Wildman–Crippen MR) is 101 cm³/mol. The van der Waals surface area contributed by atoms with Crippen LogP contribution in [0.3, 0.4) is 0 Å². The lowest BCUT2D eigenvalue weighted by Gasteiger charge is -2.18. The zero-order valence-electron chi connectivity index (χ0n) is 15.0. The van der Waals surface area contributed by atoms with Crippen LogP contribution in [0.5, 0.6) is 0 Å². The van der Waals surface area contributed by atoms with Crippen LogP contribution < -0.4 is 4.90 Å². The van der Waals surface area contributed by atoms with Gasteiger partial charge in [0.15, 0.2) is 0 Å². The smallest absolute Gasteiger partial charge is 0.247 e. The fraction of sp³-hybridized carbons (Fsp3) is 0.190. The van der Waals surface area contributed by atoms with Gasteiger partial charge in [-0.25, -0.2) is 0 Å². The van der Waals surface area contributed by atoms with E-state index in [0.29, 0.717) is 13.1 Å². The number of amides is 1. The summed E-state index contributed by atoms with van der Waals surface area (Å²) in [6.45, 7) is 0.771. The number of furan rings is 2. The summed E-state index contributed by atoms with van der Waals surface area (Å²) in [5.41, 5.74) is 2.09. The Morgan fingerprint density at radius 2 is 1.50 bits per heavy atom. The SMILES string of the molecule is CN(C)c1ccc(/C=C/C(=O)N(Cc2ccco2)Cc2ccco2)cc1. The van der Waals surface area contributed by atoms with E-state index in [1.807, 2.05) is 73.6 Å². The van der Waals surface area contributed by atoms with Crippen molar-refractivity contribution in [2.24, 2.45) is 0 Å². The van der Waals surface area contributed by atoms with E-state index in [2.05, 4.69) is 0 Å². The van der Waals surface area contributed by atoms with Crippen molar-refractivity contribution >= 4 is 17.7 Å². The number of carbonyl (C=O) groups is 1. The first-order valence-corrected chi connectivity index (χ1v) is 8.41. The van der Waals surface area contributed by atoms with Gasteiger partial charge in [0.2, 0.25) is 5.91 Å². The van der Waals surface area contributed by atoms with E-state index >= 15 is 0 Å². The molecule has 2 heterocycles. The van der Waals surface area contributed by atoms with E-state index in [4.69, 9.17) is 8.83 Å². The van der Waals surface area contributed by atoms with Crippen molar-refractivity contribution in [1.82, 2.24) is 4.90 Å².